The molecule has 0 atom stereocenters. The van der Waals surface area contributed by atoms with Gasteiger partial charge in [-0.3, -0.25) is 14.9 Å². The number of nitrogens with one attached hydrogen (secondary N) is 1. The lowest BCUT2D eigenvalue weighted by atomic mass is 9.98. The molecule has 0 spiro atoms. The van der Waals surface area contributed by atoms with Crippen molar-refractivity contribution in [1.82, 2.24) is 4.98 Å². The number of hydrogen-bond donors (Lipinski definition) is 1. The zero-order valence-corrected chi connectivity index (χ0v) is 17.3. The lowest BCUT2D eigenvalue weighted by molar-refractivity contribution is -0.399. The van der Waals surface area contributed by atoms with E-state index in [4.69, 9.17) is 0 Å². The molecule has 0 aliphatic rings. The molecule has 0 radical (unpaired) electrons. The fourth-order valence-corrected chi connectivity index (χ4v) is 2.81. The lowest BCUT2D eigenvalue weighted by Gasteiger charge is -2.33. The molecule has 17 heteroatoms. The van der Waals surface area contributed by atoms with Crippen molar-refractivity contribution in [1.29, 1.82) is 0 Å². The van der Waals surface area contributed by atoms with Crippen LogP contribution in [0.5, 0.6) is 0 Å². The summed E-state index contributed by atoms with van der Waals surface area (Å²) in [6.07, 6.45) is -7.40. The van der Waals surface area contributed by atoms with Crippen LogP contribution in [0.25, 0.3) is 0 Å². The molecule has 1 amide bonds. The molecular weight excluding hydrogens is 599 g/mol. The number of nitrogens with zero attached hydrogens (tertiary/aromatic N) is 2. The van der Waals surface area contributed by atoms with E-state index in [1.54, 1.807) is 27.9 Å². The second-order valence-electron chi connectivity index (χ2n) is 6.15. The third kappa shape index (κ3) is 4.67. The van der Waals surface area contributed by atoms with Crippen LogP contribution in [-0.4, -0.2) is 33.8 Å². The van der Waals surface area contributed by atoms with Crippen LogP contribution in [0.2, 0.25) is 0 Å². The first-order valence-corrected chi connectivity index (χ1v) is 9.04. The summed E-state index contributed by atoms with van der Waals surface area (Å²) in [5.41, 5.74) is -3.30. The quantitative estimate of drug-likeness (QED) is 0.192. The van der Waals surface area contributed by atoms with Crippen LogP contribution in [0.15, 0.2) is 30.5 Å². The van der Waals surface area contributed by atoms with Crippen molar-refractivity contribution < 1.29 is 53.6 Å². The summed E-state index contributed by atoms with van der Waals surface area (Å²) in [7, 11) is 0. The van der Waals surface area contributed by atoms with E-state index in [1.165, 1.54) is 0 Å². The number of anilines is 1. The highest BCUT2D eigenvalue weighted by atomic mass is 127. The number of halogens is 11. The van der Waals surface area contributed by atoms with Crippen LogP contribution in [0.4, 0.5) is 55.4 Å². The highest BCUT2D eigenvalue weighted by molar-refractivity contribution is 14.1. The van der Waals surface area contributed by atoms with Gasteiger partial charge in [-0.1, -0.05) is 0 Å². The van der Waals surface area contributed by atoms with Crippen molar-refractivity contribution in [3.05, 3.63) is 61.1 Å². The maximum absolute atomic E-state index is 14.1. The van der Waals surface area contributed by atoms with Crippen molar-refractivity contribution in [3.8, 4) is 0 Å². The molecule has 0 saturated carbocycles. The van der Waals surface area contributed by atoms with E-state index < -0.39 is 69.3 Å². The minimum absolute atomic E-state index is 0.105. The topological polar surface area (TPSA) is 85.1 Å². The molecule has 6 nitrogen and oxygen atoms in total. The first kappa shape index (κ1) is 26.5. The Kier molecular flexibility index (Phi) is 6.88. The second-order valence-corrected chi connectivity index (χ2v) is 7.31. The largest absolute Gasteiger partial charge is 0.460 e. The molecule has 1 N–H and O–H groups in total. The third-order valence-electron chi connectivity index (χ3n) is 3.99. The molecule has 0 bridgehead atoms. The van der Waals surface area contributed by atoms with Gasteiger partial charge in [0, 0.05) is 27.5 Å². The first-order chi connectivity index (χ1) is 14.8. The average molecular weight is 605 g/mol. The average Bonchev–Trinajstić information content (AvgIpc) is 2.68. The van der Waals surface area contributed by atoms with Crippen LogP contribution in [0.1, 0.15) is 15.9 Å². The van der Waals surface area contributed by atoms with Gasteiger partial charge in [0.1, 0.15) is 0 Å². The Hall–Kier alpha value is -2.73. The maximum Gasteiger partial charge on any atom is 0.460 e. The smallest absolute Gasteiger partial charge is 0.304 e. The van der Waals surface area contributed by atoms with Crippen LogP contribution in [0, 0.1) is 19.5 Å². The van der Waals surface area contributed by atoms with Gasteiger partial charge >= 0.3 is 23.9 Å². The molecule has 0 fully saturated rings. The van der Waals surface area contributed by atoms with E-state index in [2.05, 4.69) is 4.98 Å². The zero-order chi connectivity index (χ0) is 25.6. The summed E-state index contributed by atoms with van der Waals surface area (Å²) < 4.78 is 131. The summed E-state index contributed by atoms with van der Waals surface area (Å²) >= 11 is 1.56. The van der Waals surface area contributed by atoms with E-state index in [0.717, 1.165) is 18.2 Å². The standard InChI is InChI=1S/C16H6F10IN3O3/c17-9-3-6(13(18,19)14(20,21)15(22,23)16(24,25)26)5-28-11(9)29-12(31)8-4-7(30(32)33)1-2-10(8)27/h1-5H,(H,28,29,31). The number of non-ortho nitro benzene ring substituents is 1. The molecule has 180 valence electrons. The van der Waals surface area contributed by atoms with Gasteiger partial charge in [-0.15, -0.1) is 0 Å². The Balaban J connectivity index is 2.40. The molecule has 0 saturated heterocycles. The molecule has 2 aromatic rings. The minimum Gasteiger partial charge on any atom is -0.304 e. The fourth-order valence-electron chi connectivity index (χ4n) is 2.23. The van der Waals surface area contributed by atoms with Gasteiger partial charge < -0.3 is 5.32 Å². The monoisotopic (exact) mass is 605 g/mol. The Bertz CT molecular complexity index is 1110. The number of alkyl halides is 9. The molecule has 1 aromatic heterocycles. The number of benzene rings is 1. The number of nitro benzene ring substituents is 1. The second kappa shape index (κ2) is 8.56. The van der Waals surface area contributed by atoms with Crippen molar-refractivity contribution in [3.63, 3.8) is 0 Å². The number of hydrogen-bond acceptors (Lipinski definition) is 4. The predicted octanol–water partition coefficient (Wildman–Crippen LogP) is 5.91. The summed E-state index contributed by atoms with van der Waals surface area (Å²) in [6, 6.07) is 2.40. The van der Waals surface area contributed by atoms with Crippen LogP contribution in [-0.2, 0) is 5.92 Å². The van der Waals surface area contributed by atoms with E-state index in [0.29, 0.717) is 0 Å². The number of nitro groups is 1. The van der Waals surface area contributed by atoms with Gasteiger partial charge in [0.2, 0.25) is 0 Å². The Labute approximate surface area is 189 Å². The first-order valence-electron chi connectivity index (χ1n) is 7.96. The molecule has 1 aromatic carbocycles. The van der Waals surface area contributed by atoms with Crippen molar-refractivity contribution in [2.45, 2.75) is 23.9 Å². The van der Waals surface area contributed by atoms with E-state index >= 15 is 0 Å². The number of carbonyl (C=O) groups excluding carboxylic acids is 1. The molecule has 1 heterocycles. The van der Waals surface area contributed by atoms with E-state index in [-0.39, 0.29) is 9.77 Å². The Morgan fingerprint density at radius 1 is 1.00 bits per heavy atom. The number of amides is 1. The summed E-state index contributed by atoms with van der Waals surface area (Å²) in [6.45, 7) is 0. The van der Waals surface area contributed by atoms with Crippen molar-refractivity contribution >= 4 is 40.0 Å². The number of aromatic nitrogens is 1. The van der Waals surface area contributed by atoms with Crippen LogP contribution in [0.3, 0.4) is 0 Å². The van der Waals surface area contributed by atoms with E-state index in [1.807, 2.05) is 0 Å². The van der Waals surface area contributed by atoms with Crippen molar-refractivity contribution in [2.75, 3.05) is 5.32 Å². The summed E-state index contributed by atoms with van der Waals surface area (Å²) in [5, 5.41) is 12.5. The molecule has 0 unspecified atom stereocenters. The predicted molar refractivity (Wildman–Crippen MR) is 97.8 cm³/mol. The molecule has 33 heavy (non-hydrogen) atoms. The highest BCUT2D eigenvalue weighted by Crippen LogP contribution is 2.56. The van der Waals surface area contributed by atoms with Gasteiger partial charge in [-0.05, 0) is 34.7 Å². The summed E-state index contributed by atoms with van der Waals surface area (Å²) in [5.74, 6) is -24.9. The van der Waals surface area contributed by atoms with Gasteiger partial charge in [0.15, 0.2) is 11.6 Å². The highest BCUT2D eigenvalue weighted by Gasteiger charge is 2.82. The Morgan fingerprint density at radius 3 is 2.06 bits per heavy atom. The van der Waals surface area contributed by atoms with Gasteiger partial charge in [0.25, 0.3) is 11.6 Å². The van der Waals surface area contributed by atoms with Crippen molar-refractivity contribution in [2.24, 2.45) is 0 Å². The SMILES string of the molecule is O=C(Nc1ncc(C(F)(F)C(F)(F)C(F)(F)C(F)(F)F)cc1F)c1cc([N+](=O)[O-])ccc1I. The minimum atomic E-state index is -7.19. The lowest BCUT2D eigenvalue weighted by Crippen LogP contribution is -2.59. The normalized spacial score (nSPS) is 13.1. The van der Waals surface area contributed by atoms with Crippen LogP contribution >= 0.6 is 22.6 Å². The van der Waals surface area contributed by atoms with Gasteiger partial charge in [-0.25, -0.2) is 9.37 Å². The molecule has 0 aliphatic heterocycles. The van der Waals surface area contributed by atoms with Crippen LogP contribution < -0.4 is 5.32 Å². The third-order valence-corrected chi connectivity index (χ3v) is 4.93. The maximum atomic E-state index is 14.1. The fraction of sp³-hybridized carbons (Fsp3) is 0.250. The zero-order valence-electron chi connectivity index (χ0n) is 15.2. The molecule has 0 aliphatic carbocycles. The molecule has 2 rings (SSSR count). The summed E-state index contributed by atoms with van der Waals surface area (Å²) in [4.78, 5) is 25.0. The number of pyridine rings is 1. The van der Waals surface area contributed by atoms with E-state index in [9.17, 15) is 58.8 Å². The number of rotatable bonds is 6. The van der Waals surface area contributed by atoms with Gasteiger partial charge in [0.05, 0.1) is 10.5 Å². The molecular formula is C16H6F10IN3O3. The number of carbonyl (C=O) groups is 1. The Morgan fingerprint density at radius 2 is 1.58 bits per heavy atom. The van der Waals surface area contributed by atoms with Gasteiger partial charge in [-0.2, -0.15) is 39.5 Å².